The topological polar surface area (TPSA) is 72.8 Å². The number of unbranched alkanes of at least 4 members (excludes halogenated alkanes) is 10. The third-order valence-corrected chi connectivity index (χ3v) is 14.0. The Morgan fingerprint density at radius 1 is 0.250 bits per heavy atom. The summed E-state index contributed by atoms with van der Waals surface area (Å²) in [5, 5.41) is 9.70. The predicted molar refractivity (Wildman–Crippen MR) is 407 cm³/mol. The van der Waals surface area contributed by atoms with Crippen molar-refractivity contribution < 1.29 is 24.2 Å². The van der Waals surface area contributed by atoms with E-state index in [9.17, 15) is 14.7 Å². The van der Waals surface area contributed by atoms with Crippen molar-refractivity contribution in [3.05, 3.63) is 267 Å². The molecule has 0 aromatic rings. The van der Waals surface area contributed by atoms with Gasteiger partial charge in [0.15, 0.2) is 6.10 Å². The molecule has 0 fully saturated rings. The molecule has 0 amide bonds. The third kappa shape index (κ3) is 75.6. The molecule has 5 nitrogen and oxygen atoms in total. The van der Waals surface area contributed by atoms with Crippen LogP contribution >= 0.6 is 0 Å². The summed E-state index contributed by atoms with van der Waals surface area (Å²) in [6.45, 7) is 3.86. The first-order valence-electron chi connectivity index (χ1n) is 35.9. The molecule has 0 radical (unpaired) electrons. The molecule has 0 saturated carbocycles. The van der Waals surface area contributed by atoms with Crippen LogP contribution in [0.4, 0.5) is 0 Å². The molecule has 0 rings (SSSR count). The van der Waals surface area contributed by atoms with Crippen molar-refractivity contribution in [1.29, 1.82) is 0 Å². The lowest BCUT2D eigenvalue weighted by Gasteiger charge is -2.15. The minimum absolute atomic E-state index is 0.103. The zero-order chi connectivity index (χ0) is 66.1. The van der Waals surface area contributed by atoms with Crippen LogP contribution in [0.25, 0.3) is 0 Å². The lowest BCUT2D eigenvalue weighted by molar-refractivity contribution is -0.161. The number of esters is 2. The Bertz CT molecular complexity index is 2360. The van der Waals surface area contributed by atoms with Crippen molar-refractivity contribution in [2.24, 2.45) is 0 Å². The van der Waals surface area contributed by atoms with Gasteiger partial charge in [-0.2, -0.15) is 0 Å². The van der Waals surface area contributed by atoms with Crippen molar-refractivity contribution in [1.82, 2.24) is 0 Å². The van der Waals surface area contributed by atoms with Gasteiger partial charge >= 0.3 is 11.9 Å². The molecular formula is C87H128O5. The maximum absolute atomic E-state index is 12.4. The second-order valence-electron chi connectivity index (χ2n) is 22.5. The third-order valence-electron chi connectivity index (χ3n) is 14.0. The summed E-state index contributed by atoms with van der Waals surface area (Å²) in [4.78, 5) is 24.7. The van der Waals surface area contributed by atoms with E-state index in [2.05, 4.69) is 281 Å². The molecule has 1 N–H and O–H groups in total. The van der Waals surface area contributed by atoms with Gasteiger partial charge in [0.05, 0.1) is 6.61 Å². The summed E-state index contributed by atoms with van der Waals surface area (Å²) in [5.74, 6) is -0.659. The van der Waals surface area contributed by atoms with E-state index < -0.39 is 6.10 Å². The van der Waals surface area contributed by atoms with Gasteiger partial charge in [0, 0.05) is 12.8 Å². The maximum Gasteiger partial charge on any atom is 0.306 e. The van der Waals surface area contributed by atoms with Crippen LogP contribution in [-0.2, 0) is 19.1 Å². The van der Waals surface area contributed by atoms with E-state index in [1.807, 2.05) is 0 Å². The molecule has 0 aromatic carbocycles. The average Bonchev–Trinajstić information content (AvgIpc) is 3.64. The Balaban J connectivity index is 3.71. The summed E-state index contributed by atoms with van der Waals surface area (Å²) >= 11 is 0. The Labute approximate surface area is 564 Å². The lowest BCUT2D eigenvalue weighted by Crippen LogP contribution is -2.28. The molecular weight excluding hydrogens is 1120 g/mol. The van der Waals surface area contributed by atoms with E-state index in [4.69, 9.17) is 9.47 Å². The van der Waals surface area contributed by atoms with Gasteiger partial charge in [-0.3, -0.25) is 9.59 Å². The summed E-state index contributed by atoms with van der Waals surface area (Å²) in [6.07, 6.45) is 132. The van der Waals surface area contributed by atoms with Crippen molar-refractivity contribution in [2.45, 2.75) is 251 Å². The fourth-order valence-electron chi connectivity index (χ4n) is 8.74. The molecule has 506 valence electrons. The molecule has 0 aliphatic heterocycles. The van der Waals surface area contributed by atoms with Crippen LogP contribution < -0.4 is 0 Å². The van der Waals surface area contributed by atoms with Gasteiger partial charge in [-0.25, -0.2) is 0 Å². The zero-order valence-corrected chi connectivity index (χ0v) is 57.9. The standard InChI is InChI=1S/C87H128O5/c1-3-5-7-9-11-13-15-17-19-21-23-25-27-29-31-33-35-37-39-41-42-43-44-46-48-50-52-54-56-58-60-62-64-66-68-70-72-74-76-78-80-82-87(90)92-85(83-88)84-91-86(89)81-79-77-75-73-71-69-67-65-63-61-59-57-55-53-51-49-47-45-40-38-36-34-32-30-28-26-24-22-20-18-16-14-12-10-8-6-4-2/h5-8,11-14,17-20,23-26,29-32,35-38,41-42,44-47,50-53,56-59,62-65,68,70,85,88H,3-4,9-10,15-16,21-22,27-28,33-34,39-40,43,48-49,54-55,60-61,66-67,69,71-84H2,1-2H3/b7-5-,8-6-,13-11-,14-12-,19-17-,20-18-,25-23-,26-24-,31-29-,32-30-,37-35-,38-36-,42-41-,46-44-,47-45-,52-50-,53-51-,58-56-,59-57-,64-62-,65-63-,70-68-. The highest BCUT2D eigenvalue weighted by Crippen LogP contribution is 2.12. The number of carbonyl (C=O) groups excluding carboxylic acids is 2. The van der Waals surface area contributed by atoms with Gasteiger partial charge in [-0.1, -0.05) is 320 Å². The van der Waals surface area contributed by atoms with Crippen LogP contribution in [0.1, 0.15) is 245 Å². The Morgan fingerprint density at radius 2 is 0.435 bits per heavy atom. The molecule has 0 aliphatic carbocycles. The maximum atomic E-state index is 12.4. The molecule has 0 saturated heterocycles. The molecule has 0 bridgehead atoms. The summed E-state index contributed by atoms with van der Waals surface area (Å²) in [5.41, 5.74) is 0. The van der Waals surface area contributed by atoms with Gasteiger partial charge in [-0.15, -0.1) is 0 Å². The summed E-state index contributed by atoms with van der Waals surface area (Å²) in [7, 11) is 0. The first-order valence-corrected chi connectivity index (χ1v) is 35.9. The first-order chi connectivity index (χ1) is 45.6. The number of allylic oxidation sites excluding steroid dienone is 44. The molecule has 5 heteroatoms. The average molecular weight is 1250 g/mol. The van der Waals surface area contributed by atoms with E-state index >= 15 is 0 Å². The highest BCUT2D eigenvalue weighted by atomic mass is 16.6. The van der Waals surface area contributed by atoms with Crippen LogP contribution in [0.3, 0.4) is 0 Å². The molecule has 0 aromatic heterocycles. The fraction of sp³-hybridized carbons (Fsp3) is 0.471. The van der Waals surface area contributed by atoms with Gasteiger partial charge in [0.1, 0.15) is 6.61 Å². The number of rotatable bonds is 62. The molecule has 0 aliphatic rings. The van der Waals surface area contributed by atoms with E-state index in [1.54, 1.807) is 0 Å². The SMILES string of the molecule is CC/C=C\C/C=C\C/C=C\C/C=C\C/C=C\C/C=C\C/C=C\C/C=C\C/C=C\C/C=C\C/C=C\C/C=C\CCCCCCC(=O)OC(CO)COC(=O)CCCCCCCC/C=C\C/C=C\C/C=C\C/C=C\C/C=C\C/C=C\C/C=C\C/C=C\C/C=C\C/C=C\CC. The van der Waals surface area contributed by atoms with Gasteiger partial charge in [0.25, 0.3) is 0 Å². The van der Waals surface area contributed by atoms with Crippen LogP contribution in [0.15, 0.2) is 267 Å². The minimum Gasteiger partial charge on any atom is -0.462 e. The highest BCUT2D eigenvalue weighted by molar-refractivity contribution is 5.70. The Kier molecular flexibility index (Phi) is 72.6. The summed E-state index contributed by atoms with van der Waals surface area (Å²) < 4.78 is 10.7. The number of aliphatic hydroxyl groups is 1. The van der Waals surface area contributed by atoms with Gasteiger partial charge < -0.3 is 14.6 Å². The number of carbonyl (C=O) groups is 2. The van der Waals surface area contributed by atoms with E-state index in [-0.39, 0.29) is 25.2 Å². The minimum atomic E-state index is -0.816. The summed E-state index contributed by atoms with van der Waals surface area (Å²) in [6, 6.07) is 0. The lowest BCUT2D eigenvalue weighted by atomic mass is 10.1. The molecule has 92 heavy (non-hydrogen) atoms. The number of hydrogen-bond donors (Lipinski definition) is 1. The molecule has 1 unspecified atom stereocenters. The molecule has 0 spiro atoms. The van der Waals surface area contributed by atoms with Crippen LogP contribution in [0, 0.1) is 0 Å². The molecule has 0 heterocycles. The van der Waals surface area contributed by atoms with Crippen LogP contribution in [-0.4, -0.2) is 36.4 Å². The van der Waals surface area contributed by atoms with Gasteiger partial charge in [-0.05, 0) is 180 Å². The number of ether oxygens (including phenoxy) is 2. The highest BCUT2D eigenvalue weighted by Gasteiger charge is 2.16. The predicted octanol–water partition coefficient (Wildman–Crippen LogP) is 25.8. The van der Waals surface area contributed by atoms with Crippen molar-refractivity contribution in [2.75, 3.05) is 13.2 Å². The quantitative estimate of drug-likeness (QED) is 0.0373. The number of hydrogen-bond acceptors (Lipinski definition) is 5. The van der Waals surface area contributed by atoms with Crippen molar-refractivity contribution in [3.63, 3.8) is 0 Å². The largest absolute Gasteiger partial charge is 0.462 e. The smallest absolute Gasteiger partial charge is 0.306 e. The second kappa shape index (κ2) is 78.4. The molecule has 1 atom stereocenters. The first kappa shape index (κ1) is 85.2. The Morgan fingerprint density at radius 3 is 0.652 bits per heavy atom. The number of aliphatic hydroxyl groups excluding tert-OH is 1. The zero-order valence-electron chi connectivity index (χ0n) is 57.9. The van der Waals surface area contributed by atoms with Crippen LogP contribution in [0.5, 0.6) is 0 Å². The fourth-order valence-corrected chi connectivity index (χ4v) is 8.74. The van der Waals surface area contributed by atoms with Crippen molar-refractivity contribution >= 4 is 11.9 Å². The normalized spacial score (nSPS) is 13.9. The monoisotopic (exact) mass is 1250 g/mol. The van der Waals surface area contributed by atoms with E-state index in [1.165, 1.54) is 12.8 Å². The Hall–Kier alpha value is -6.82. The second-order valence-corrected chi connectivity index (χ2v) is 22.5. The van der Waals surface area contributed by atoms with E-state index in [0.717, 1.165) is 205 Å². The van der Waals surface area contributed by atoms with E-state index in [0.29, 0.717) is 12.8 Å². The van der Waals surface area contributed by atoms with Crippen molar-refractivity contribution in [3.8, 4) is 0 Å². The van der Waals surface area contributed by atoms with Gasteiger partial charge in [0.2, 0.25) is 0 Å². The van der Waals surface area contributed by atoms with Crippen LogP contribution in [0.2, 0.25) is 0 Å².